The number of hydrogen-bond donors (Lipinski definition) is 1. The Kier molecular flexibility index (Phi) is 2.89. The molecule has 94 valence electrons. The topological polar surface area (TPSA) is 69.6 Å². The third-order valence-electron chi connectivity index (χ3n) is 2.71. The Morgan fingerprint density at radius 2 is 1.89 bits per heavy atom. The van der Waals surface area contributed by atoms with Crippen molar-refractivity contribution in [2.75, 3.05) is 5.73 Å². The van der Waals surface area contributed by atoms with Gasteiger partial charge >= 0.3 is 0 Å². The Bertz CT molecular complexity index is 708. The fourth-order valence-electron chi connectivity index (χ4n) is 1.72. The Labute approximate surface area is 114 Å². The Hall–Kier alpha value is -2.40. The summed E-state index contributed by atoms with van der Waals surface area (Å²) >= 11 is 5.89. The van der Waals surface area contributed by atoms with Crippen LogP contribution < -0.4 is 5.73 Å². The van der Waals surface area contributed by atoms with Crippen LogP contribution in [0.1, 0.15) is 0 Å². The van der Waals surface area contributed by atoms with Crippen LogP contribution in [0, 0.1) is 0 Å². The van der Waals surface area contributed by atoms with Gasteiger partial charge in [-0.3, -0.25) is 4.98 Å². The van der Waals surface area contributed by atoms with E-state index >= 15 is 0 Å². The number of benzene rings is 1. The number of aromatic nitrogens is 4. The summed E-state index contributed by atoms with van der Waals surface area (Å²) in [5.41, 5.74) is 8.84. The van der Waals surface area contributed by atoms with Crippen LogP contribution in [0.4, 0.5) is 5.69 Å². The molecular formula is C13H10ClN5. The number of hydrogen-bond acceptors (Lipinski definition) is 4. The van der Waals surface area contributed by atoms with E-state index in [0.29, 0.717) is 10.7 Å². The van der Waals surface area contributed by atoms with E-state index in [1.54, 1.807) is 29.2 Å². The van der Waals surface area contributed by atoms with Gasteiger partial charge in [0.15, 0.2) is 0 Å². The molecule has 5 nitrogen and oxygen atoms in total. The summed E-state index contributed by atoms with van der Waals surface area (Å²) in [5, 5.41) is 8.73. The smallest absolute Gasteiger partial charge is 0.113 e. The molecule has 0 unspecified atom stereocenters. The summed E-state index contributed by atoms with van der Waals surface area (Å²) in [6.45, 7) is 0. The lowest BCUT2D eigenvalue weighted by molar-refractivity contribution is 0.804. The summed E-state index contributed by atoms with van der Waals surface area (Å²) in [4.78, 5) is 3.97. The van der Waals surface area contributed by atoms with Crippen LogP contribution in [-0.4, -0.2) is 20.0 Å². The van der Waals surface area contributed by atoms with Gasteiger partial charge in [0.2, 0.25) is 0 Å². The zero-order valence-corrected chi connectivity index (χ0v) is 10.6. The van der Waals surface area contributed by atoms with Crippen LogP contribution in [0.3, 0.4) is 0 Å². The summed E-state index contributed by atoms with van der Waals surface area (Å²) in [7, 11) is 0. The highest BCUT2D eigenvalue weighted by molar-refractivity contribution is 6.33. The van der Waals surface area contributed by atoms with E-state index in [1.165, 1.54) is 0 Å². The quantitative estimate of drug-likeness (QED) is 0.727. The van der Waals surface area contributed by atoms with Crippen LogP contribution >= 0.6 is 11.6 Å². The van der Waals surface area contributed by atoms with Crippen molar-refractivity contribution in [2.24, 2.45) is 0 Å². The van der Waals surface area contributed by atoms with E-state index in [0.717, 1.165) is 16.9 Å². The molecule has 6 heteroatoms. The van der Waals surface area contributed by atoms with Crippen molar-refractivity contribution in [1.82, 2.24) is 20.0 Å². The predicted octanol–water partition coefficient (Wildman–Crippen LogP) is 2.56. The van der Waals surface area contributed by atoms with E-state index in [4.69, 9.17) is 17.3 Å². The Balaban J connectivity index is 1.99. The molecule has 0 saturated carbocycles. The average molecular weight is 272 g/mol. The zero-order chi connectivity index (χ0) is 13.2. The van der Waals surface area contributed by atoms with Gasteiger partial charge in [-0.25, -0.2) is 4.68 Å². The highest BCUT2D eigenvalue weighted by atomic mass is 35.5. The van der Waals surface area contributed by atoms with Gasteiger partial charge in [0.05, 0.1) is 22.6 Å². The van der Waals surface area contributed by atoms with Crippen molar-refractivity contribution in [3.63, 3.8) is 0 Å². The zero-order valence-electron chi connectivity index (χ0n) is 9.86. The third kappa shape index (κ3) is 2.28. The molecule has 3 rings (SSSR count). The van der Waals surface area contributed by atoms with Crippen LogP contribution in [0.25, 0.3) is 16.9 Å². The van der Waals surface area contributed by atoms with Gasteiger partial charge < -0.3 is 5.73 Å². The van der Waals surface area contributed by atoms with Gasteiger partial charge in [0, 0.05) is 18.0 Å². The molecule has 0 bridgehead atoms. The average Bonchev–Trinajstić information content (AvgIpc) is 2.93. The maximum atomic E-state index is 5.89. The highest BCUT2D eigenvalue weighted by Gasteiger charge is 2.06. The molecule has 0 fully saturated rings. The van der Waals surface area contributed by atoms with Crippen molar-refractivity contribution < 1.29 is 0 Å². The first kappa shape index (κ1) is 11.7. The van der Waals surface area contributed by atoms with Gasteiger partial charge in [-0.1, -0.05) is 16.8 Å². The van der Waals surface area contributed by atoms with Gasteiger partial charge in [-0.15, -0.1) is 5.10 Å². The number of halogens is 1. The molecule has 0 aliphatic carbocycles. The minimum absolute atomic E-state index is 0.514. The predicted molar refractivity (Wildman–Crippen MR) is 74.0 cm³/mol. The van der Waals surface area contributed by atoms with Gasteiger partial charge in [0.1, 0.15) is 5.69 Å². The molecule has 0 aliphatic heterocycles. The van der Waals surface area contributed by atoms with Crippen molar-refractivity contribution in [1.29, 1.82) is 0 Å². The first-order chi connectivity index (χ1) is 9.24. The summed E-state index contributed by atoms with van der Waals surface area (Å²) < 4.78 is 1.66. The van der Waals surface area contributed by atoms with Gasteiger partial charge in [-0.05, 0) is 30.3 Å². The third-order valence-corrected chi connectivity index (χ3v) is 3.06. The van der Waals surface area contributed by atoms with E-state index in [9.17, 15) is 0 Å². The molecule has 2 N–H and O–H groups in total. The van der Waals surface area contributed by atoms with E-state index in [-0.39, 0.29) is 0 Å². The van der Waals surface area contributed by atoms with Crippen molar-refractivity contribution in [3.05, 3.63) is 53.9 Å². The maximum absolute atomic E-state index is 5.89. The lowest BCUT2D eigenvalue weighted by Gasteiger charge is -2.02. The molecular weight excluding hydrogens is 262 g/mol. The first-order valence-corrected chi connectivity index (χ1v) is 6.00. The first-order valence-electron chi connectivity index (χ1n) is 5.62. The summed E-state index contributed by atoms with van der Waals surface area (Å²) in [6.07, 6.45) is 5.27. The maximum Gasteiger partial charge on any atom is 0.113 e. The second-order valence-corrected chi connectivity index (χ2v) is 4.40. The van der Waals surface area contributed by atoms with E-state index < -0.39 is 0 Å². The highest BCUT2D eigenvalue weighted by Crippen LogP contribution is 2.22. The minimum atomic E-state index is 0.514. The number of pyridine rings is 1. The second kappa shape index (κ2) is 4.70. The standard InChI is InChI=1S/C13H10ClN5/c14-11-2-1-10(7-12(11)15)19-8-13(17-18-19)9-3-5-16-6-4-9/h1-8H,15H2. The molecule has 2 heterocycles. The molecule has 19 heavy (non-hydrogen) atoms. The molecule has 1 aromatic carbocycles. The van der Waals surface area contributed by atoms with Gasteiger partial charge in [0.25, 0.3) is 0 Å². The molecule has 0 amide bonds. The van der Waals surface area contributed by atoms with Crippen LogP contribution in [0.5, 0.6) is 0 Å². The van der Waals surface area contributed by atoms with E-state index in [2.05, 4.69) is 15.3 Å². The molecule has 0 spiro atoms. The fourth-order valence-corrected chi connectivity index (χ4v) is 1.84. The van der Waals surface area contributed by atoms with Crippen molar-refractivity contribution >= 4 is 17.3 Å². The summed E-state index contributed by atoms with van der Waals surface area (Å²) in [6, 6.07) is 9.09. The normalized spacial score (nSPS) is 10.6. The van der Waals surface area contributed by atoms with Crippen molar-refractivity contribution in [2.45, 2.75) is 0 Å². The number of nitrogen functional groups attached to an aromatic ring is 1. The van der Waals surface area contributed by atoms with Gasteiger partial charge in [-0.2, -0.15) is 0 Å². The number of nitrogens with two attached hydrogens (primary N) is 1. The van der Waals surface area contributed by atoms with Crippen molar-refractivity contribution in [3.8, 4) is 16.9 Å². The fraction of sp³-hybridized carbons (Fsp3) is 0. The number of nitrogens with zero attached hydrogens (tertiary/aromatic N) is 4. The molecule has 3 aromatic rings. The van der Waals surface area contributed by atoms with E-state index in [1.807, 2.05) is 24.4 Å². The largest absolute Gasteiger partial charge is 0.397 e. The lowest BCUT2D eigenvalue weighted by atomic mass is 10.2. The summed E-state index contributed by atoms with van der Waals surface area (Å²) in [5.74, 6) is 0. The molecule has 0 saturated heterocycles. The molecule has 0 radical (unpaired) electrons. The molecule has 0 atom stereocenters. The lowest BCUT2D eigenvalue weighted by Crippen LogP contribution is -1.96. The number of rotatable bonds is 2. The van der Waals surface area contributed by atoms with Crippen LogP contribution in [0.15, 0.2) is 48.9 Å². The molecule has 0 aliphatic rings. The Morgan fingerprint density at radius 3 is 2.63 bits per heavy atom. The monoisotopic (exact) mass is 271 g/mol. The Morgan fingerprint density at radius 1 is 1.11 bits per heavy atom. The molecule has 2 aromatic heterocycles. The second-order valence-electron chi connectivity index (χ2n) is 3.99. The van der Waals surface area contributed by atoms with Crippen LogP contribution in [0.2, 0.25) is 5.02 Å². The van der Waals surface area contributed by atoms with Crippen LogP contribution in [-0.2, 0) is 0 Å². The minimum Gasteiger partial charge on any atom is -0.397 e. The number of anilines is 1. The SMILES string of the molecule is Nc1cc(-n2cc(-c3ccncc3)nn2)ccc1Cl.